The minimum atomic E-state index is -1.52. The second-order valence-electron chi connectivity index (χ2n) is 4.33. The second kappa shape index (κ2) is 5.74. The van der Waals surface area contributed by atoms with Crippen LogP contribution in [-0.2, 0) is 0 Å². The SMILES string of the molecule is CC(NC(=O)c1cc(F)c(F)cc1C(=O)O)c1ccco1. The summed E-state index contributed by atoms with van der Waals surface area (Å²) in [6, 6.07) is 3.72. The summed E-state index contributed by atoms with van der Waals surface area (Å²) in [5.41, 5.74) is -1.07. The molecule has 2 N–H and O–H groups in total. The molecule has 110 valence electrons. The van der Waals surface area contributed by atoms with E-state index in [1.807, 2.05) is 0 Å². The molecule has 0 saturated heterocycles. The van der Waals surface area contributed by atoms with Crippen LogP contribution in [0.3, 0.4) is 0 Å². The highest BCUT2D eigenvalue weighted by Crippen LogP contribution is 2.18. The zero-order chi connectivity index (χ0) is 15.6. The summed E-state index contributed by atoms with van der Waals surface area (Å²) in [6.07, 6.45) is 1.41. The monoisotopic (exact) mass is 295 g/mol. The molecular weight excluding hydrogens is 284 g/mol. The number of rotatable bonds is 4. The van der Waals surface area contributed by atoms with E-state index in [1.165, 1.54) is 6.26 Å². The molecular formula is C14H11F2NO4. The van der Waals surface area contributed by atoms with Crippen molar-refractivity contribution in [2.24, 2.45) is 0 Å². The topological polar surface area (TPSA) is 79.5 Å². The van der Waals surface area contributed by atoms with Crippen LogP contribution in [0.2, 0.25) is 0 Å². The quantitative estimate of drug-likeness (QED) is 0.909. The van der Waals surface area contributed by atoms with Crippen LogP contribution in [0.1, 0.15) is 39.4 Å². The standard InChI is InChI=1S/C14H11F2NO4/c1-7(12-3-2-4-21-12)17-13(18)8-5-10(15)11(16)6-9(8)14(19)20/h2-7H,1H3,(H,17,18)(H,19,20). The number of carboxylic acid groups (broad SMARTS) is 1. The maximum absolute atomic E-state index is 13.2. The predicted octanol–water partition coefficient (Wildman–Crippen LogP) is 2.75. The van der Waals surface area contributed by atoms with Crippen LogP contribution in [0.25, 0.3) is 0 Å². The van der Waals surface area contributed by atoms with Gasteiger partial charge in [-0.3, -0.25) is 4.79 Å². The van der Waals surface area contributed by atoms with Gasteiger partial charge in [-0.2, -0.15) is 0 Å². The van der Waals surface area contributed by atoms with Crippen molar-refractivity contribution in [3.8, 4) is 0 Å². The highest BCUT2D eigenvalue weighted by Gasteiger charge is 2.22. The number of carbonyl (C=O) groups excluding carboxylic acids is 1. The Bertz CT molecular complexity index is 683. The van der Waals surface area contributed by atoms with Gasteiger partial charge in [0.2, 0.25) is 0 Å². The fourth-order valence-corrected chi connectivity index (χ4v) is 1.79. The van der Waals surface area contributed by atoms with Gasteiger partial charge in [-0.05, 0) is 31.2 Å². The van der Waals surface area contributed by atoms with Gasteiger partial charge in [0.15, 0.2) is 11.6 Å². The molecule has 2 aromatic rings. The fraction of sp³-hybridized carbons (Fsp3) is 0.143. The van der Waals surface area contributed by atoms with Crippen LogP contribution < -0.4 is 5.32 Å². The molecule has 5 nitrogen and oxygen atoms in total. The minimum absolute atomic E-state index is 0.447. The van der Waals surface area contributed by atoms with Crippen molar-refractivity contribution < 1.29 is 27.9 Å². The molecule has 1 unspecified atom stereocenters. The zero-order valence-corrected chi connectivity index (χ0v) is 10.9. The number of benzene rings is 1. The van der Waals surface area contributed by atoms with Crippen molar-refractivity contribution in [2.75, 3.05) is 0 Å². The van der Waals surface area contributed by atoms with Gasteiger partial charge in [0.1, 0.15) is 5.76 Å². The Morgan fingerprint density at radius 2 is 1.86 bits per heavy atom. The van der Waals surface area contributed by atoms with E-state index in [-0.39, 0.29) is 0 Å². The first-order valence-electron chi connectivity index (χ1n) is 5.96. The number of furan rings is 1. The first kappa shape index (κ1) is 14.7. The third-order valence-electron chi connectivity index (χ3n) is 2.85. The Morgan fingerprint density at radius 1 is 1.24 bits per heavy atom. The van der Waals surface area contributed by atoms with E-state index >= 15 is 0 Å². The van der Waals surface area contributed by atoms with E-state index in [0.29, 0.717) is 17.9 Å². The van der Waals surface area contributed by atoms with E-state index in [9.17, 15) is 18.4 Å². The average molecular weight is 295 g/mol. The predicted molar refractivity (Wildman–Crippen MR) is 67.9 cm³/mol. The molecule has 0 aliphatic carbocycles. The molecule has 0 radical (unpaired) electrons. The molecule has 1 aromatic carbocycles. The van der Waals surface area contributed by atoms with Gasteiger partial charge < -0.3 is 14.8 Å². The van der Waals surface area contributed by atoms with Gasteiger partial charge in [0.05, 0.1) is 23.4 Å². The number of nitrogens with one attached hydrogen (secondary N) is 1. The minimum Gasteiger partial charge on any atom is -0.478 e. The zero-order valence-electron chi connectivity index (χ0n) is 10.9. The van der Waals surface area contributed by atoms with Gasteiger partial charge in [-0.25, -0.2) is 13.6 Å². The summed E-state index contributed by atoms with van der Waals surface area (Å²) in [5.74, 6) is -4.54. The molecule has 2 rings (SSSR count). The summed E-state index contributed by atoms with van der Waals surface area (Å²) in [5, 5.41) is 11.4. The van der Waals surface area contributed by atoms with Crippen LogP contribution in [0.5, 0.6) is 0 Å². The van der Waals surface area contributed by atoms with Gasteiger partial charge in [-0.1, -0.05) is 0 Å². The van der Waals surface area contributed by atoms with E-state index in [1.54, 1.807) is 19.1 Å². The Balaban J connectivity index is 2.30. The van der Waals surface area contributed by atoms with E-state index < -0.39 is 40.7 Å². The number of hydrogen-bond donors (Lipinski definition) is 2. The number of aromatic carboxylic acids is 1. The highest BCUT2D eigenvalue weighted by molar-refractivity contribution is 6.04. The van der Waals surface area contributed by atoms with Crippen LogP contribution in [0.4, 0.5) is 8.78 Å². The van der Waals surface area contributed by atoms with Crippen LogP contribution >= 0.6 is 0 Å². The number of halogens is 2. The van der Waals surface area contributed by atoms with Gasteiger partial charge in [0, 0.05) is 0 Å². The van der Waals surface area contributed by atoms with Gasteiger partial charge >= 0.3 is 5.97 Å². The smallest absolute Gasteiger partial charge is 0.336 e. The second-order valence-corrected chi connectivity index (χ2v) is 4.33. The molecule has 0 spiro atoms. The molecule has 0 bridgehead atoms. The summed E-state index contributed by atoms with van der Waals surface area (Å²) in [7, 11) is 0. The third kappa shape index (κ3) is 3.07. The normalized spacial score (nSPS) is 12.0. The Labute approximate surface area is 118 Å². The molecule has 7 heteroatoms. The number of hydrogen-bond acceptors (Lipinski definition) is 3. The van der Waals surface area contributed by atoms with Crippen LogP contribution in [0.15, 0.2) is 34.9 Å². The summed E-state index contributed by atoms with van der Waals surface area (Å²) in [6.45, 7) is 1.61. The van der Waals surface area contributed by atoms with Crippen LogP contribution in [-0.4, -0.2) is 17.0 Å². The number of carboxylic acids is 1. The lowest BCUT2D eigenvalue weighted by Gasteiger charge is -2.13. The molecule has 21 heavy (non-hydrogen) atoms. The fourth-order valence-electron chi connectivity index (χ4n) is 1.79. The molecule has 1 heterocycles. The lowest BCUT2D eigenvalue weighted by atomic mass is 10.1. The molecule has 1 atom stereocenters. The lowest BCUT2D eigenvalue weighted by Crippen LogP contribution is -2.28. The van der Waals surface area contributed by atoms with E-state index in [0.717, 1.165) is 0 Å². The van der Waals surface area contributed by atoms with E-state index in [4.69, 9.17) is 9.52 Å². The molecule has 0 fully saturated rings. The number of carbonyl (C=O) groups is 2. The van der Waals surface area contributed by atoms with Crippen LogP contribution in [0, 0.1) is 11.6 Å². The maximum atomic E-state index is 13.2. The Kier molecular flexibility index (Phi) is 4.02. The maximum Gasteiger partial charge on any atom is 0.336 e. The molecule has 1 amide bonds. The van der Waals surface area contributed by atoms with Crippen molar-refractivity contribution >= 4 is 11.9 Å². The van der Waals surface area contributed by atoms with Crippen molar-refractivity contribution in [1.29, 1.82) is 0 Å². The van der Waals surface area contributed by atoms with Crippen molar-refractivity contribution in [3.05, 3.63) is 59.1 Å². The van der Waals surface area contributed by atoms with E-state index in [2.05, 4.69) is 5.32 Å². The summed E-state index contributed by atoms with van der Waals surface area (Å²) >= 11 is 0. The van der Waals surface area contributed by atoms with Crippen molar-refractivity contribution in [3.63, 3.8) is 0 Å². The molecule has 0 aliphatic heterocycles. The molecule has 0 saturated carbocycles. The summed E-state index contributed by atoms with van der Waals surface area (Å²) < 4.78 is 31.4. The number of amides is 1. The Hall–Kier alpha value is -2.70. The highest BCUT2D eigenvalue weighted by atomic mass is 19.2. The largest absolute Gasteiger partial charge is 0.478 e. The molecule has 1 aromatic heterocycles. The summed E-state index contributed by atoms with van der Waals surface area (Å²) in [4.78, 5) is 23.1. The third-order valence-corrected chi connectivity index (χ3v) is 2.85. The average Bonchev–Trinajstić information content (AvgIpc) is 2.95. The Morgan fingerprint density at radius 3 is 2.38 bits per heavy atom. The van der Waals surface area contributed by atoms with Crippen molar-refractivity contribution in [1.82, 2.24) is 5.32 Å². The first-order valence-corrected chi connectivity index (χ1v) is 5.96. The van der Waals surface area contributed by atoms with Gasteiger partial charge in [-0.15, -0.1) is 0 Å². The molecule has 0 aliphatic rings. The first-order chi connectivity index (χ1) is 9.90. The lowest BCUT2D eigenvalue weighted by molar-refractivity contribution is 0.0689. The van der Waals surface area contributed by atoms with Crippen molar-refractivity contribution in [2.45, 2.75) is 13.0 Å². The van der Waals surface area contributed by atoms with Gasteiger partial charge in [0.25, 0.3) is 5.91 Å².